The fourth-order valence-electron chi connectivity index (χ4n) is 6.80. The molecule has 2 aliphatic carbocycles. The minimum absolute atomic E-state index is 0.0765. The number of rotatable bonds is 7. The number of carbonyl (C=O) groups excluding carboxylic acids is 3. The van der Waals surface area contributed by atoms with E-state index in [-0.39, 0.29) is 25.3 Å². The maximum absolute atomic E-state index is 14.4. The summed E-state index contributed by atoms with van der Waals surface area (Å²) in [5.41, 5.74) is -0.274. The number of sulfonamides is 1. The van der Waals surface area contributed by atoms with Gasteiger partial charge in [0.05, 0.1) is 21.5 Å². The Morgan fingerprint density at radius 1 is 1.16 bits per heavy atom. The van der Waals surface area contributed by atoms with E-state index in [2.05, 4.69) is 36.3 Å². The summed E-state index contributed by atoms with van der Waals surface area (Å²) < 4.78 is 49.7. The maximum atomic E-state index is 14.4. The van der Waals surface area contributed by atoms with Crippen LogP contribution >= 0.6 is 27.3 Å². The number of nitrogens with zero attached hydrogens (tertiary/aromatic N) is 2. The molecule has 11 nitrogen and oxygen atoms in total. The van der Waals surface area contributed by atoms with E-state index in [0.29, 0.717) is 36.6 Å². The van der Waals surface area contributed by atoms with Crippen LogP contribution in [0.1, 0.15) is 64.7 Å². The van der Waals surface area contributed by atoms with Gasteiger partial charge in [0.2, 0.25) is 21.8 Å². The summed E-state index contributed by atoms with van der Waals surface area (Å²) in [4.78, 5) is 48.5. The second-order valence-corrected chi connectivity index (χ2v) is 18.1. The van der Waals surface area contributed by atoms with Crippen LogP contribution in [0.15, 0.2) is 59.1 Å². The van der Waals surface area contributed by atoms with Gasteiger partial charge in [0, 0.05) is 22.5 Å². The largest absolute Gasteiger partial charge is 0.465 e. The predicted octanol–water partition coefficient (Wildman–Crippen LogP) is 5.42. The summed E-state index contributed by atoms with van der Waals surface area (Å²) in [6, 6.07) is 9.81. The summed E-state index contributed by atoms with van der Waals surface area (Å²) in [5.74, 6) is -2.54. The maximum Gasteiger partial charge on any atom is 0.274 e. The van der Waals surface area contributed by atoms with E-state index in [1.165, 1.54) is 28.4 Å². The van der Waals surface area contributed by atoms with Crippen molar-refractivity contribution in [1.82, 2.24) is 19.9 Å². The van der Waals surface area contributed by atoms with E-state index < -0.39 is 62.0 Å². The molecule has 0 spiro atoms. The Morgan fingerprint density at radius 2 is 1.98 bits per heavy atom. The van der Waals surface area contributed by atoms with Crippen molar-refractivity contribution in [2.24, 2.45) is 5.92 Å². The van der Waals surface area contributed by atoms with Gasteiger partial charge in [-0.1, -0.05) is 58.3 Å². The molecular weight excluding hydrogens is 749 g/mol. The second-order valence-electron chi connectivity index (χ2n) is 14.0. The van der Waals surface area contributed by atoms with E-state index in [1.807, 2.05) is 30.4 Å². The second kappa shape index (κ2) is 13.5. The Morgan fingerprint density at radius 3 is 2.76 bits per heavy atom. The first-order valence-electron chi connectivity index (χ1n) is 17.0. The number of hydrogen-bond donors (Lipinski definition) is 3. The van der Waals surface area contributed by atoms with Crippen molar-refractivity contribution >= 4 is 70.9 Å². The summed E-state index contributed by atoms with van der Waals surface area (Å²) in [7, 11) is -3.96. The molecule has 7 rings (SSSR count). The average molecular weight is 789 g/mol. The molecule has 2 saturated carbocycles. The third-order valence-corrected chi connectivity index (χ3v) is 13.8. The molecule has 3 fully saturated rings. The SMILES string of the molecule is CC1(S(=O)(=O)NC(=O)[C@@]23C[C@H]2/C=C\CCCCC[C@H](Nc2cccc(F)c2)C(=O)N2C[C@H](Oc4nc5ccc(Br)cc5s4)C[C@H]2C(=O)N3)CC1. The number of anilines is 1. The van der Waals surface area contributed by atoms with Crippen molar-refractivity contribution in [3.05, 3.63) is 64.9 Å². The minimum atomic E-state index is -3.96. The molecule has 4 aliphatic rings. The van der Waals surface area contributed by atoms with Gasteiger partial charge in [-0.05, 0) is 81.8 Å². The van der Waals surface area contributed by atoms with Crippen molar-refractivity contribution in [1.29, 1.82) is 0 Å². The number of nitrogens with one attached hydrogen (secondary N) is 3. The van der Waals surface area contributed by atoms with Crippen LogP contribution < -0.4 is 20.1 Å². The number of amides is 3. The Labute approximate surface area is 302 Å². The summed E-state index contributed by atoms with van der Waals surface area (Å²) in [6.45, 7) is 1.67. The van der Waals surface area contributed by atoms with Gasteiger partial charge in [-0.3, -0.25) is 19.1 Å². The van der Waals surface area contributed by atoms with Gasteiger partial charge in [-0.15, -0.1) is 0 Å². The first-order chi connectivity index (χ1) is 23.9. The summed E-state index contributed by atoms with van der Waals surface area (Å²) in [5, 5.41) is 6.51. The molecule has 1 saturated heterocycles. The van der Waals surface area contributed by atoms with Crippen LogP contribution in [0, 0.1) is 11.7 Å². The lowest BCUT2D eigenvalue weighted by molar-refractivity contribution is -0.140. The Kier molecular flexibility index (Phi) is 9.44. The van der Waals surface area contributed by atoms with Crippen LogP contribution in [-0.2, 0) is 24.4 Å². The lowest BCUT2D eigenvalue weighted by Gasteiger charge is -2.30. The first-order valence-corrected chi connectivity index (χ1v) is 20.1. The van der Waals surface area contributed by atoms with E-state index in [9.17, 15) is 27.2 Å². The standard InChI is InChI=1S/C35H39BrFN5O6S2/c1-34(14-15-34)50(46,47)41-32(45)35-19-21(35)8-5-3-2-4-6-11-27(38-24-10-7-9-23(37)17-24)31(44)42-20-25(18-28(42)30(43)40-35)48-33-39-26-13-12-22(36)16-29(26)49-33/h5,7-10,12-13,16-17,21,25,27-28,38H,2-4,6,11,14-15,18-20H2,1H3,(H,40,43)(H,41,45)/b8-5-/t21-,25-,27+,28+,35-/m1/s1. The van der Waals surface area contributed by atoms with Gasteiger partial charge < -0.3 is 20.3 Å². The van der Waals surface area contributed by atoms with Crippen LogP contribution in [0.3, 0.4) is 0 Å². The number of aromatic nitrogens is 1. The van der Waals surface area contributed by atoms with Crippen molar-refractivity contribution in [3.8, 4) is 5.19 Å². The van der Waals surface area contributed by atoms with Crippen LogP contribution in [0.5, 0.6) is 5.19 Å². The Balaban J connectivity index is 1.19. The number of thiazole rings is 1. The van der Waals surface area contributed by atoms with Crippen molar-refractivity contribution in [3.63, 3.8) is 0 Å². The van der Waals surface area contributed by atoms with Gasteiger partial charge in [0.15, 0.2) is 0 Å². The predicted molar refractivity (Wildman–Crippen MR) is 192 cm³/mol. The monoisotopic (exact) mass is 787 g/mol. The molecule has 0 unspecified atom stereocenters. The van der Waals surface area contributed by atoms with Gasteiger partial charge >= 0.3 is 0 Å². The van der Waals surface area contributed by atoms with E-state index in [1.54, 1.807) is 19.1 Å². The van der Waals surface area contributed by atoms with Crippen LogP contribution in [0.2, 0.25) is 0 Å². The number of hydrogen-bond acceptors (Lipinski definition) is 9. The summed E-state index contributed by atoms with van der Waals surface area (Å²) >= 11 is 4.83. The molecule has 0 radical (unpaired) electrons. The average Bonchev–Trinajstić information content (AvgIpc) is 3.88. The minimum Gasteiger partial charge on any atom is -0.465 e. The van der Waals surface area contributed by atoms with Gasteiger partial charge in [-0.2, -0.15) is 0 Å². The van der Waals surface area contributed by atoms with Crippen LogP contribution in [0.25, 0.3) is 10.2 Å². The normalized spacial score (nSPS) is 28.7. The highest BCUT2D eigenvalue weighted by Gasteiger charge is 2.63. The van der Waals surface area contributed by atoms with E-state index in [4.69, 9.17) is 4.74 Å². The molecule has 3 N–H and O–H groups in total. The van der Waals surface area contributed by atoms with Crippen LogP contribution in [0.4, 0.5) is 10.1 Å². The van der Waals surface area contributed by atoms with Gasteiger partial charge in [0.1, 0.15) is 29.5 Å². The molecular formula is C35H39BrFN5O6S2. The molecule has 3 aromatic rings. The highest BCUT2D eigenvalue weighted by atomic mass is 79.9. The zero-order valence-corrected chi connectivity index (χ0v) is 30.7. The van der Waals surface area contributed by atoms with E-state index in [0.717, 1.165) is 34.0 Å². The third kappa shape index (κ3) is 7.13. The number of carbonyl (C=O) groups is 3. The van der Waals surface area contributed by atoms with Crippen molar-refractivity contribution < 1.29 is 31.9 Å². The molecule has 3 heterocycles. The molecule has 3 amide bonds. The molecule has 0 bridgehead atoms. The smallest absolute Gasteiger partial charge is 0.274 e. The quantitative estimate of drug-likeness (QED) is 0.269. The molecule has 5 atom stereocenters. The molecule has 2 aromatic carbocycles. The van der Waals surface area contributed by atoms with Crippen molar-refractivity contribution in [2.75, 3.05) is 11.9 Å². The number of ether oxygens (including phenoxy) is 1. The molecule has 15 heteroatoms. The zero-order chi connectivity index (χ0) is 35.3. The lowest BCUT2D eigenvalue weighted by Crippen LogP contribution is -2.58. The summed E-state index contributed by atoms with van der Waals surface area (Å²) in [6.07, 6.45) is 8.08. The van der Waals surface area contributed by atoms with Crippen LogP contribution in [-0.4, -0.2) is 71.0 Å². The fraction of sp³-hybridized carbons (Fsp3) is 0.486. The highest BCUT2D eigenvalue weighted by Crippen LogP contribution is 2.47. The van der Waals surface area contributed by atoms with Gasteiger partial charge in [0.25, 0.3) is 11.1 Å². The fourth-order valence-corrected chi connectivity index (χ4v) is 9.54. The van der Waals surface area contributed by atoms with E-state index >= 15 is 0 Å². The molecule has 2 aliphatic heterocycles. The zero-order valence-electron chi connectivity index (χ0n) is 27.5. The van der Waals surface area contributed by atoms with Crippen molar-refractivity contribution in [2.45, 2.75) is 93.2 Å². The third-order valence-electron chi connectivity index (χ3n) is 10.2. The first kappa shape index (κ1) is 34.9. The number of allylic oxidation sites excluding steroid dienone is 1. The molecule has 266 valence electrons. The molecule has 50 heavy (non-hydrogen) atoms. The molecule has 1 aromatic heterocycles. The lowest BCUT2D eigenvalue weighted by atomic mass is 10.0. The van der Waals surface area contributed by atoms with Gasteiger partial charge in [-0.25, -0.2) is 17.8 Å². The number of halogens is 2. The Bertz CT molecular complexity index is 1970. The Hall–Kier alpha value is -3.56. The number of fused-ring (bicyclic) bond motifs is 3. The number of benzene rings is 2. The topological polar surface area (TPSA) is 147 Å². The highest BCUT2D eigenvalue weighted by molar-refractivity contribution is 9.10.